The highest BCUT2D eigenvalue weighted by atomic mass is 32.2. The van der Waals surface area contributed by atoms with Crippen LogP contribution in [0.4, 0.5) is 17.1 Å². The summed E-state index contributed by atoms with van der Waals surface area (Å²) in [6.45, 7) is 3.55. The minimum Gasteiger partial charge on any atom is -0.495 e. The number of aryl methyl sites for hydroxylation is 1. The van der Waals surface area contributed by atoms with Crippen molar-refractivity contribution >= 4 is 33.0 Å². The Morgan fingerprint density at radius 1 is 1.24 bits per heavy atom. The molecule has 0 heterocycles. The Balaban J connectivity index is 2.44. The van der Waals surface area contributed by atoms with Gasteiger partial charge in [-0.1, -0.05) is 24.6 Å². The van der Waals surface area contributed by atoms with Crippen molar-refractivity contribution in [1.29, 1.82) is 0 Å². The van der Waals surface area contributed by atoms with Crippen molar-refractivity contribution in [1.82, 2.24) is 0 Å². The molecule has 1 atom stereocenters. The molecule has 0 aromatic heterocycles. The van der Waals surface area contributed by atoms with Gasteiger partial charge in [0.1, 0.15) is 11.8 Å². The van der Waals surface area contributed by atoms with E-state index >= 15 is 0 Å². The molecule has 0 saturated heterocycles. The van der Waals surface area contributed by atoms with Crippen molar-refractivity contribution in [2.24, 2.45) is 0 Å². The summed E-state index contributed by atoms with van der Waals surface area (Å²) in [6.07, 6.45) is 1.21. The fourth-order valence-corrected chi connectivity index (χ4v) is 4.09. The van der Waals surface area contributed by atoms with Gasteiger partial charge >= 0.3 is 0 Å². The Hall–Kier alpha value is -3.14. The highest BCUT2D eigenvalue weighted by Crippen LogP contribution is 2.30. The number of non-ortho nitro benzene ring substituents is 1. The molecule has 0 bridgehead atoms. The smallest absolute Gasteiger partial charge is 0.271 e. The van der Waals surface area contributed by atoms with Gasteiger partial charge in [-0.15, -0.1) is 0 Å². The molecule has 0 radical (unpaired) electrons. The zero-order chi connectivity index (χ0) is 21.8. The Kier molecular flexibility index (Phi) is 6.80. The van der Waals surface area contributed by atoms with E-state index in [1.165, 1.54) is 25.3 Å². The molecule has 156 valence electrons. The van der Waals surface area contributed by atoms with E-state index < -0.39 is 26.9 Å². The number of nitrogens with zero attached hydrogens (tertiary/aromatic N) is 2. The fraction of sp³-hybridized carbons (Fsp3) is 0.316. The predicted molar refractivity (Wildman–Crippen MR) is 111 cm³/mol. The average molecular weight is 421 g/mol. The Morgan fingerprint density at radius 2 is 1.86 bits per heavy atom. The lowest BCUT2D eigenvalue weighted by atomic mass is 10.1. The number of benzene rings is 2. The number of sulfonamides is 1. The second-order valence-electron chi connectivity index (χ2n) is 6.45. The lowest BCUT2D eigenvalue weighted by Gasteiger charge is -2.30. The minimum absolute atomic E-state index is 0.0857. The highest BCUT2D eigenvalue weighted by Gasteiger charge is 2.32. The number of hydrogen-bond acceptors (Lipinski definition) is 6. The van der Waals surface area contributed by atoms with Gasteiger partial charge in [0, 0.05) is 12.1 Å². The first kappa shape index (κ1) is 22.2. The van der Waals surface area contributed by atoms with Crippen molar-refractivity contribution < 1.29 is 22.9 Å². The third-order valence-corrected chi connectivity index (χ3v) is 5.45. The molecular weight excluding hydrogens is 398 g/mol. The van der Waals surface area contributed by atoms with Gasteiger partial charge in [0.05, 0.1) is 29.7 Å². The molecule has 1 amide bonds. The van der Waals surface area contributed by atoms with Crippen LogP contribution in [0.3, 0.4) is 0 Å². The summed E-state index contributed by atoms with van der Waals surface area (Å²) >= 11 is 0. The quantitative estimate of drug-likeness (QED) is 0.517. The van der Waals surface area contributed by atoms with Gasteiger partial charge in [0.2, 0.25) is 15.9 Å². The Bertz CT molecular complexity index is 1010. The van der Waals surface area contributed by atoms with Gasteiger partial charge in [-0.05, 0) is 31.5 Å². The second-order valence-corrected chi connectivity index (χ2v) is 8.31. The monoisotopic (exact) mass is 421 g/mol. The van der Waals surface area contributed by atoms with E-state index in [9.17, 15) is 23.3 Å². The number of hydrogen-bond donors (Lipinski definition) is 1. The lowest BCUT2D eigenvalue weighted by molar-refractivity contribution is -0.384. The molecule has 2 aromatic carbocycles. The van der Waals surface area contributed by atoms with Crippen LogP contribution >= 0.6 is 0 Å². The maximum atomic E-state index is 13.0. The van der Waals surface area contributed by atoms with Gasteiger partial charge < -0.3 is 10.1 Å². The van der Waals surface area contributed by atoms with Crippen LogP contribution in [-0.4, -0.2) is 38.7 Å². The van der Waals surface area contributed by atoms with E-state index in [4.69, 9.17) is 4.74 Å². The van der Waals surface area contributed by atoms with Crippen LogP contribution in [0.15, 0.2) is 42.5 Å². The molecule has 1 unspecified atom stereocenters. The molecule has 9 nitrogen and oxygen atoms in total. The number of nitro groups is 1. The number of rotatable bonds is 8. The zero-order valence-electron chi connectivity index (χ0n) is 16.6. The van der Waals surface area contributed by atoms with E-state index in [2.05, 4.69) is 5.32 Å². The van der Waals surface area contributed by atoms with Crippen molar-refractivity contribution in [3.63, 3.8) is 0 Å². The fourth-order valence-electron chi connectivity index (χ4n) is 2.88. The summed E-state index contributed by atoms with van der Waals surface area (Å²) in [4.78, 5) is 23.4. The molecule has 2 rings (SSSR count). The van der Waals surface area contributed by atoms with Crippen LogP contribution in [0.1, 0.15) is 18.9 Å². The molecule has 0 spiro atoms. The van der Waals surface area contributed by atoms with E-state index in [1.54, 1.807) is 31.2 Å². The third-order valence-electron chi connectivity index (χ3n) is 4.27. The van der Waals surface area contributed by atoms with Gasteiger partial charge in [0.25, 0.3) is 5.69 Å². The van der Waals surface area contributed by atoms with Crippen LogP contribution in [0.25, 0.3) is 0 Å². The molecule has 0 aliphatic rings. The van der Waals surface area contributed by atoms with Crippen LogP contribution in [0.5, 0.6) is 5.75 Å². The number of ether oxygens (including phenoxy) is 1. The average Bonchev–Trinajstić information content (AvgIpc) is 2.65. The maximum Gasteiger partial charge on any atom is 0.271 e. The Labute approximate surface area is 169 Å². The number of carbonyl (C=O) groups is 1. The van der Waals surface area contributed by atoms with Gasteiger partial charge in [-0.2, -0.15) is 0 Å². The van der Waals surface area contributed by atoms with Crippen molar-refractivity contribution in [3.8, 4) is 5.75 Å². The number of anilines is 2. The highest BCUT2D eigenvalue weighted by molar-refractivity contribution is 7.92. The summed E-state index contributed by atoms with van der Waals surface area (Å²) < 4.78 is 31.1. The summed E-state index contributed by atoms with van der Waals surface area (Å²) in [5.41, 5.74) is 1.15. The summed E-state index contributed by atoms with van der Waals surface area (Å²) in [5, 5.41) is 13.6. The number of amides is 1. The molecule has 0 aliphatic heterocycles. The minimum atomic E-state index is -3.78. The topological polar surface area (TPSA) is 119 Å². The van der Waals surface area contributed by atoms with E-state index in [-0.39, 0.29) is 23.5 Å². The first-order valence-corrected chi connectivity index (χ1v) is 10.6. The van der Waals surface area contributed by atoms with Crippen molar-refractivity contribution in [3.05, 3.63) is 58.1 Å². The van der Waals surface area contributed by atoms with Crippen LogP contribution in [0, 0.1) is 17.0 Å². The molecule has 0 fully saturated rings. The van der Waals surface area contributed by atoms with E-state index in [0.717, 1.165) is 16.1 Å². The molecule has 0 aliphatic carbocycles. The number of methoxy groups -OCH3 is 1. The Morgan fingerprint density at radius 3 is 2.34 bits per heavy atom. The van der Waals surface area contributed by atoms with Crippen LogP contribution < -0.4 is 14.4 Å². The predicted octanol–water partition coefficient (Wildman–Crippen LogP) is 3.10. The van der Waals surface area contributed by atoms with Crippen LogP contribution in [0.2, 0.25) is 0 Å². The molecule has 0 saturated carbocycles. The van der Waals surface area contributed by atoms with E-state index in [1.807, 2.05) is 6.92 Å². The van der Waals surface area contributed by atoms with Gasteiger partial charge in [-0.3, -0.25) is 19.2 Å². The summed E-state index contributed by atoms with van der Waals surface area (Å²) in [5.74, 6) is -0.405. The zero-order valence-corrected chi connectivity index (χ0v) is 17.4. The molecule has 29 heavy (non-hydrogen) atoms. The number of nitrogens with one attached hydrogen (secondary N) is 1. The molecular formula is C19H23N3O6S. The largest absolute Gasteiger partial charge is 0.495 e. The number of nitro benzene ring substituents is 1. The lowest BCUT2D eigenvalue weighted by Crippen LogP contribution is -2.47. The molecule has 1 N–H and O–H groups in total. The third kappa shape index (κ3) is 5.23. The van der Waals surface area contributed by atoms with Crippen molar-refractivity contribution in [2.75, 3.05) is 23.0 Å². The molecule has 2 aromatic rings. The maximum absolute atomic E-state index is 13.0. The second kappa shape index (κ2) is 8.91. The van der Waals surface area contributed by atoms with Crippen LogP contribution in [-0.2, 0) is 14.8 Å². The summed E-state index contributed by atoms with van der Waals surface area (Å²) in [7, 11) is -2.42. The summed E-state index contributed by atoms with van der Waals surface area (Å²) in [6, 6.07) is 9.48. The number of carbonyl (C=O) groups excluding carboxylic acids is 1. The van der Waals surface area contributed by atoms with E-state index in [0.29, 0.717) is 5.69 Å². The molecule has 10 heteroatoms. The first-order chi connectivity index (χ1) is 13.6. The van der Waals surface area contributed by atoms with Gasteiger partial charge in [-0.25, -0.2) is 8.42 Å². The first-order valence-electron chi connectivity index (χ1n) is 8.77. The normalized spacial score (nSPS) is 12.1. The van der Waals surface area contributed by atoms with Crippen molar-refractivity contribution in [2.45, 2.75) is 26.3 Å². The standard InChI is InChI=1S/C19H23N3O6S/c1-5-17(21(29(4,26)27)14-8-6-13(2)7-9-14)19(23)20-16-12-15(22(24)25)10-11-18(16)28-3/h6-12,17H,5H2,1-4H3,(H,20,23). The van der Waals surface area contributed by atoms with Gasteiger partial charge in [0.15, 0.2) is 0 Å². The SMILES string of the molecule is CCC(C(=O)Nc1cc([N+](=O)[O-])ccc1OC)N(c1ccc(C)cc1)S(C)(=O)=O.